The summed E-state index contributed by atoms with van der Waals surface area (Å²) in [5.41, 5.74) is 0. The molecule has 86 valence electrons. The van der Waals surface area contributed by atoms with Crippen LogP contribution in [0.15, 0.2) is 0 Å². The van der Waals surface area contributed by atoms with E-state index in [1.807, 2.05) is 20.8 Å². The van der Waals surface area contributed by atoms with Crippen molar-refractivity contribution in [3.63, 3.8) is 0 Å². The Labute approximate surface area is 89.8 Å². The molecule has 2 unspecified atom stereocenters. The van der Waals surface area contributed by atoms with Crippen molar-refractivity contribution in [2.75, 3.05) is 19.8 Å². The van der Waals surface area contributed by atoms with E-state index in [1.54, 1.807) is 4.90 Å². The number of imide groups is 1. The minimum atomic E-state index is -0.315. The predicted octanol–water partition coefficient (Wildman–Crippen LogP) is 0.599. The summed E-state index contributed by atoms with van der Waals surface area (Å²) in [5, 5.41) is 2.33. The van der Waals surface area contributed by atoms with Crippen LogP contribution in [0.3, 0.4) is 0 Å². The summed E-state index contributed by atoms with van der Waals surface area (Å²) >= 11 is 0. The van der Waals surface area contributed by atoms with E-state index in [2.05, 4.69) is 5.32 Å². The lowest BCUT2D eigenvalue weighted by Crippen LogP contribution is -2.57. The lowest BCUT2D eigenvalue weighted by molar-refractivity contribution is -0.125. The Hall–Kier alpha value is -1.10. The van der Waals surface area contributed by atoms with Crippen LogP contribution in [-0.4, -0.2) is 42.6 Å². The highest BCUT2D eigenvalue weighted by atomic mass is 16.5. The van der Waals surface area contributed by atoms with Crippen LogP contribution in [0.2, 0.25) is 0 Å². The van der Waals surface area contributed by atoms with Gasteiger partial charge in [0.1, 0.15) is 0 Å². The zero-order valence-electron chi connectivity index (χ0n) is 9.45. The van der Waals surface area contributed by atoms with Crippen molar-refractivity contribution in [1.29, 1.82) is 0 Å². The van der Waals surface area contributed by atoms with Gasteiger partial charge >= 0.3 is 6.03 Å². The second kappa shape index (κ2) is 5.11. The average molecular weight is 214 g/mol. The van der Waals surface area contributed by atoms with Crippen molar-refractivity contribution in [3.05, 3.63) is 0 Å². The molecule has 0 aromatic heterocycles. The number of nitrogens with one attached hydrogen (secondary N) is 1. The molecule has 0 radical (unpaired) electrons. The minimum Gasteiger partial charge on any atom is -0.380 e. The quantitative estimate of drug-likeness (QED) is 0.745. The smallest absolute Gasteiger partial charge is 0.324 e. The molecule has 0 aliphatic carbocycles. The van der Waals surface area contributed by atoms with E-state index in [9.17, 15) is 9.59 Å². The van der Waals surface area contributed by atoms with Crippen molar-refractivity contribution in [2.24, 2.45) is 5.92 Å². The van der Waals surface area contributed by atoms with Crippen LogP contribution in [-0.2, 0) is 9.53 Å². The summed E-state index contributed by atoms with van der Waals surface area (Å²) in [6.07, 6.45) is 0. The monoisotopic (exact) mass is 214 g/mol. The third-order valence-electron chi connectivity index (χ3n) is 2.50. The van der Waals surface area contributed by atoms with Gasteiger partial charge < -0.3 is 9.64 Å². The highest BCUT2D eigenvalue weighted by Crippen LogP contribution is 2.11. The molecule has 1 aliphatic heterocycles. The second-order valence-corrected chi connectivity index (χ2v) is 3.86. The fraction of sp³-hybridized carbons (Fsp3) is 0.800. The molecule has 15 heavy (non-hydrogen) atoms. The zero-order chi connectivity index (χ0) is 11.4. The predicted molar refractivity (Wildman–Crippen MR) is 55.4 cm³/mol. The van der Waals surface area contributed by atoms with Gasteiger partial charge in [0, 0.05) is 13.2 Å². The van der Waals surface area contributed by atoms with Gasteiger partial charge in [-0.15, -0.1) is 0 Å². The van der Waals surface area contributed by atoms with E-state index in [4.69, 9.17) is 4.74 Å². The normalized spacial score (nSPS) is 23.9. The molecule has 1 fully saturated rings. The van der Waals surface area contributed by atoms with E-state index in [0.29, 0.717) is 19.8 Å². The van der Waals surface area contributed by atoms with Gasteiger partial charge in [-0.25, -0.2) is 4.79 Å². The lowest BCUT2D eigenvalue weighted by atomic mass is 10.1. The maximum Gasteiger partial charge on any atom is 0.324 e. The van der Waals surface area contributed by atoms with Gasteiger partial charge in [0.2, 0.25) is 5.91 Å². The number of carbonyl (C=O) groups is 2. The van der Waals surface area contributed by atoms with Crippen LogP contribution < -0.4 is 5.32 Å². The highest BCUT2D eigenvalue weighted by Gasteiger charge is 2.31. The Morgan fingerprint density at radius 1 is 1.60 bits per heavy atom. The Balaban J connectivity index is 2.53. The summed E-state index contributed by atoms with van der Waals surface area (Å²) in [4.78, 5) is 24.3. The van der Waals surface area contributed by atoms with Crippen molar-refractivity contribution >= 4 is 11.9 Å². The van der Waals surface area contributed by atoms with Gasteiger partial charge in [0.05, 0.1) is 18.6 Å². The van der Waals surface area contributed by atoms with Gasteiger partial charge in [-0.1, -0.05) is 6.92 Å². The average Bonchev–Trinajstić information content (AvgIpc) is 2.20. The first-order chi connectivity index (χ1) is 7.06. The van der Waals surface area contributed by atoms with Crippen LogP contribution in [0.5, 0.6) is 0 Å². The SMILES string of the molecule is CCOCC(C)N1CC(C)C(=O)NC1=O. The van der Waals surface area contributed by atoms with E-state index in [-0.39, 0.29) is 23.9 Å². The number of rotatable bonds is 4. The maximum absolute atomic E-state index is 11.5. The maximum atomic E-state index is 11.5. The standard InChI is InChI=1S/C10H18N2O3/c1-4-15-6-8(3)12-5-7(2)9(13)11-10(12)14/h7-8H,4-6H2,1-3H3,(H,11,13,14). The number of hydrogen-bond donors (Lipinski definition) is 1. The molecule has 1 saturated heterocycles. The molecule has 1 rings (SSSR count). The Morgan fingerprint density at radius 2 is 2.27 bits per heavy atom. The van der Waals surface area contributed by atoms with Crippen LogP contribution in [0.25, 0.3) is 0 Å². The van der Waals surface area contributed by atoms with Crippen molar-refractivity contribution in [2.45, 2.75) is 26.8 Å². The van der Waals surface area contributed by atoms with Gasteiger partial charge in [0.15, 0.2) is 0 Å². The molecular formula is C10H18N2O3. The third-order valence-corrected chi connectivity index (χ3v) is 2.50. The third kappa shape index (κ3) is 2.92. The molecule has 0 spiro atoms. The zero-order valence-corrected chi connectivity index (χ0v) is 9.45. The molecule has 1 heterocycles. The molecular weight excluding hydrogens is 196 g/mol. The molecule has 5 nitrogen and oxygen atoms in total. The molecule has 1 N–H and O–H groups in total. The summed E-state index contributed by atoms with van der Waals surface area (Å²) < 4.78 is 5.25. The first kappa shape index (κ1) is 12.0. The van der Waals surface area contributed by atoms with Gasteiger partial charge in [-0.2, -0.15) is 0 Å². The van der Waals surface area contributed by atoms with Gasteiger partial charge in [-0.3, -0.25) is 10.1 Å². The lowest BCUT2D eigenvalue weighted by Gasteiger charge is -2.34. The summed E-state index contributed by atoms with van der Waals surface area (Å²) in [5.74, 6) is -0.341. The Bertz CT molecular complexity index is 255. The Kier molecular flexibility index (Phi) is 4.08. The molecule has 0 aromatic rings. The van der Waals surface area contributed by atoms with Gasteiger partial charge in [-0.05, 0) is 13.8 Å². The summed E-state index contributed by atoms with van der Waals surface area (Å²) in [7, 11) is 0. The largest absolute Gasteiger partial charge is 0.380 e. The first-order valence-corrected chi connectivity index (χ1v) is 5.25. The second-order valence-electron chi connectivity index (χ2n) is 3.86. The first-order valence-electron chi connectivity index (χ1n) is 5.25. The van der Waals surface area contributed by atoms with Crippen molar-refractivity contribution in [3.8, 4) is 0 Å². The Morgan fingerprint density at radius 3 is 2.87 bits per heavy atom. The molecule has 1 aliphatic rings. The topological polar surface area (TPSA) is 58.6 Å². The van der Waals surface area contributed by atoms with Crippen LogP contribution in [0.4, 0.5) is 4.79 Å². The molecule has 0 aromatic carbocycles. The summed E-state index contributed by atoms with van der Waals surface area (Å²) in [6.45, 7) is 7.24. The van der Waals surface area contributed by atoms with E-state index >= 15 is 0 Å². The van der Waals surface area contributed by atoms with E-state index in [1.165, 1.54) is 0 Å². The van der Waals surface area contributed by atoms with Gasteiger partial charge in [0.25, 0.3) is 0 Å². The molecule has 3 amide bonds. The van der Waals surface area contributed by atoms with Crippen LogP contribution in [0.1, 0.15) is 20.8 Å². The fourth-order valence-corrected chi connectivity index (χ4v) is 1.52. The molecule has 0 saturated carbocycles. The molecule has 2 atom stereocenters. The summed E-state index contributed by atoms with van der Waals surface area (Å²) in [6, 6.07) is -0.314. The van der Waals surface area contributed by atoms with E-state index in [0.717, 1.165) is 0 Å². The van der Waals surface area contributed by atoms with Crippen LogP contribution >= 0.6 is 0 Å². The number of hydrogen-bond acceptors (Lipinski definition) is 3. The number of nitrogens with zero attached hydrogens (tertiary/aromatic N) is 1. The van der Waals surface area contributed by atoms with Crippen molar-refractivity contribution < 1.29 is 14.3 Å². The number of carbonyl (C=O) groups excluding carboxylic acids is 2. The molecule has 5 heteroatoms. The number of ether oxygens (including phenoxy) is 1. The highest BCUT2D eigenvalue weighted by molar-refractivity contribution is 5.97. The van der Waals surface area contributed by atoms with Crippen LogP contribution in [0, 0.1) is 5.92 Å². The number of urea groups is 1. The fourth-order valence-electron chi connectivity index (χ4n) is 1.52. The van der Waals surface area contributed by atoms with Crippen molar-refractivity contribution in [1.82, 2.24) is 10.2 Å². The number of amides is 3. The molecule has 0 bridgehead atoms. The van der Waals surface area contributed by atoms with E-state index < -0.39 is 0 Å². The minimum absolute atomic E-state index is 0.000463.